The minimum Gasteiger partial charge on any atom is -0.497 e. The average molecular weight is 455 g/mol. The second-order valence-electron chi connectivity index (χ2n) is 7.34. The maximum atomic E-state index is 13.2. The van der Waals surface area contributed by atoms with Gasteiger partial charge in [-0.2, -0.15) is 4.37 Å². The highest BCUT2D eigenvalue weighted by Crippen LogP contribution is 2.30. The lowest BCUT2D eigenvalue weighted by Gasteiger charge is -2.34. The number of benzene rings is 2. The zero-order valence-electron chi connectivity index (χ0n) is 18.4. The van der Waals surface area contributed by atoms with Gasteiger partial charge < -0.3 is 24.0 Å². The van der Waals surface area contributed by atoms with Gasteiger partial charge in [-0.05, 0) is 29.8 Å². The van der Waals surface area contributed by atoms with Crippen LogP contribution in [0.25, 0.3) is 0 Å². The number of rotatable bonds is 7. The van der Waals surface area contributed by atoms with Crippen LogP contribution in [0.1, 0.15) is 21.7 Å². The van der Waals surface area contributed by atoms with E-state index in [0.29, 0.717) is 49.7 Å². The van der Waals surface area contributed by atoms with Crippen molar-refractivity contribution in [1.29, 1.82) is 0 Å². The van der Waals surface area contributed by atoms with Crippen LogP contribution in [0.5, 0.6) is 17.2 Å². The number of methoxy groups -OCH3 is 3. The van der Waals surface area contributed by atoms with Crippen molar-refractivity contribution in [3.05, 3.63) is 59.4 Å². The highest BCUT2D eigenvalue weighted by molar-refractivity contribution is 7.09. The highest BCUT2D eigenvalue weighted by Gasteiger charge is 2.28. The third kappa shape index (κ3) is 4.62. The van der Waals surface area contributed by atoms with Crippen LogP contribution in [-0.4, -0.2) is 67.7 Å². The molecule has 0 saturated carbocycles. The number of nitrogens with zero attached hydrogens (tertiary/aromatic N) is 4. The van der Waals surface area contributed by atoms with Gasteiger partial charge in [0, 0.05) is 44.1 Å². The molecule has 4 rings (SSSR count). The summed E-state index contributed by atoms with van der Waals surface area (Å²) in [5, 5.41) is 0.880. The number of hydrogen-bond donors (Lipinski definition) is 0. The largest absolute Gasteiger partial charge is 0.497 e. The van der Waals surface area contributed by atoms with E-state index < -0.39 is 0 Å². The summed E-state index contributed by atoms with van der Waals surface area (Å²) in [6, 6.07) is 13.3. The predicted molar refractivity (Wildman–Crippen MR) is 123 cm³/mol. The van der Waals surface area contributed by atoms with Crippen LogP contribution in [-0.2, 0) is 6.42 Å². The number of amides is 1. The number of anilines is 1. The first-order chi connectivity index (χ1) is 15.6. The van der Waals surface area contributed by atoms with Gasteiger partial charge in [0.15, 0.2) is 0 Å². The topological polar surface area (TPSA) is 77.0 Å². The number of ether oxygens (including phenoxy) is 3. The lowest BCUT2D eigenvalue weighted by molar-refractivity contribution is 0.0739. The van der Waals surface area contributed by atoms with E-state index in [1.807, 2.05) is 35.2 Å². The van der Waals surface area contributed by atoms with E-state index in [-0.39, 0.29) is 5.91 Å². The van der Waals surface area contributed by atoms with Gasteiger partial charge >= 0.3 is 0 Å². The average Bonchev–Trinajstić information content (AvgIpc) is 3.31. The molecule has 0 N–H and O–H groups in total. The molecule has 9 heteroatoms. The van der Waals surface area contributed by atoms with Crippen molar-refractivity contribution >= 4 is 22.6 Å². The normalized spacial score (nSPS) is 13.7. The minimum atomic E-state index is -0.0880. The van der Waals surface area contributed by atoms with Crippen LogP contribution >= 0.6 is 11.5 Å². The Balaban J connectivity index is 1.40. The molecule has 32 heavy (non-hydrogen) atoms. The Morgan fingerprint density at radius 2 is 1.66 bits per heavy atom. The van der Waals surface area contributed by atoms with Crippen LogP contribution in [0, 0.1) is 0 Å². The molecule has 0 atom stereocenters. The van der Waals surface area contributed by atoms with Gasteiger partial charge in [-0.15, -0.1) is 0 Å². The molecule has 0 radical (unpaired) electrons. The Hall–Kier alpha value is -3.33. The fourth-order valence-electron chi connectivity index (χ4n) is 3.73. The highest BCUT2D eigenvalue weighted by atomic mass is 32.1. The fraction of sp³-hybridized carbons (Fsp3) is 0.348. The molecule has 2 heterocycles. The standard InChI is InChI=1S/C23H26N4O4S/c1-29-17-7-4-6-16(14-17)15-20-24-23(32-25-20)27-12-10-26(11-13-27)22(28)21-18(30-2)8-5-9-19(21)31-3/h4-9,14H,10-13,15H2,1-3H3. The Labute approximate surface area is 191 Å². The fourth-order valence-corrected chi connectivity index (χ4v) is 4.47. The van der Waals surface area contributed by atoms with Crippen LogP contribution < -0.4 is 19.1 Å². The van der Waals surface area contributed by atoms with Crippen LogP contribution in [0.4, 0.5) is 5.13 Å². The van der Waals surface area contributed by atoms with E-state index in [9.17, 15) is 4.79 Å². The van der Waals surface area contributed by atoms with E-state index in [1.165, 1.54) is 11.5 Å². The molecule has 0 unspecified atom stereocenters. The lowest BCUT2D eigenvalue weighted by atomic mass is 10.1. The first-order valence-corrected chi connectivity index (χ1v) is 11.1. The van der Waals surface area contributed by atoms with E-state index in [0.717, 1.165) is 22.3 Å². The first-order valence-electron chi connectivity index (χ1n) is 10.3. The van der Waals surface area contributed by atoms with E-state index in [2.05, 4.69) is 9.27 Å². The number of carbonyl (C=O) groups excluding carboxylic acids is 1. The summed E-state index contributed by atoms with van der Waals surface area (Å²) >= 11 is 1.39. The van der Waals surface area contributed by atoms with Crippen molar-refractivity contribution in [2.45, 2.75) is 6.42 Å². The summed E-state index contributed by atoms with van der Waals surface area (Å²) in [7, 11) is 4.77. The quantitative estimate of drug-likeness (QED) is 0.543. The van der Waals surface area contributed by atoms with Crippen molar-refractivity contribution in [2.24, 2.45) is 0 Å². The number of piperazine rings is 1. The Kier molecular flexibility index (Phi) is 6.75. The zero-order valence-corrected chi connectivity index (χ0v) is 19.2. The first kappa shape index (κ1) is 21.9. The molecule has 1 amide bonds. The van der Waals surface area contributed by atoms with Crippen LogP contribution in [0.15, 0.2) is 42.5 Å². The third-order valence-electron chi connectivity index (χ3n) is 5.43. The molecule has 0 spiro atoms. The van der Waals surface area contributed by atoms with Gasteiger partial charge in [-0.1, -0.05) is 18.2 Å². The molecule has 2 aromatic carbocycles. The van der Waals surface area contributed by atoms with Crippen molar-refractivity contribution in [1.82, 2.24) is 14.3 Å². The minimum absolute atomic E-state index is 0.0880. The molecular weight excluding hydrogens is 428 g/mol. The molecular formula is C23H26N4O4S. The van der Waals surface area contributed by atoms with E-state index >= 15 is 0 Å². The number of aromatic nitrogens is 2. The molecule has 8 nitrogen and oxygen atoms in total. The van der Waals surface area contributed by atoms with Gasteiger partial charge in [0.2, 0.25) is 5.13 Å². The van der Waals surface area contributed by atoms with Crippen LogP contribution in [0.2, 0.25) is 0 Å². The van der Waals surface area contributed by atoms with E-state index in [1.54, 1.807) is 33.5 Å². The summed E-state index contributed by atoms with van der Waals surface area (Å²) in [5.74, 6) is 2.56. The van der Waals surface area contributed by atoms with Crippen molar-refractivity contribution in [3.8, 4) is 17.2 Å². The molecule has 168 valence electrons. The summed E-state index contributed by atoms with van der Waals surface area (Å²) in [5.41, 5.74) is 1.57. The summed E-state index contributed by atoms with van der Waals surface area (Å²) < 4.78 is 20.6. The van der Waals surface area contributed by atoms with Gasteiger partial charge in [0.1, 0.15) is 28.6 Å². The summed E-state index contributed by atoms with van der Waals surface area (Å²) in [6.07, 6.45) is 0.653. The van der Waals surface area contributed by atoms with Gasteiger partial charge in [0.25, 0.3) is 5.91 Å². The Morgan fingerprint density at radius 1 is 0.969 bits per heavy atom. The lowest BCUT2D eigenvalue weighted by Crippen LogP contribution is -2.48. The molecule has 0 bridgehead atoms. The van der Waals surface area contributed by atoms with Crippen molar-refractivity contribution in [2.75, 3.05) is 52.4 Å². The molecule has 0 aliphatic carbocycles. The molecule has 3 aromatic rings. The van der Waals surface area contributed by atoms with Gasteiger partial charge in [0.05, 0.1) is 21.3 Å². The second-order valence-corrected chi connectivity index (χ2v) is 8.07. The van der Waals surface area contributed by atoms with Crippen LogP contribution in [0.3, 0.4) is 0 Å². The molecule has 1 saturated heterocycles. The SMILES string of the molecule is COc1cccc(Cc2nsc(N3CCN(C(=O)c4c(OC)cccc4OC)CC3)n2)c1. The Bertz CT molecular complexity index is 1060. The number of carbonyl (C=O) groups is 1. The Morgan fingerprint density at radius 3 is 2.31 bits per heavy atom. The smallest absolute Gasteiger partial charge is 0.261 e. The zero-order chi connectivity index (χ0) is 22.5. The van der Waals surface area contributed by atoms with Gasteiger partial charge in [-0.3, -0.25) is 4.79 Å². The molecule has 1 fully saturated rings. The third-order valence-corrected chi connectivity index (χ3v) is 6.25. The molecule has 1 aromatic heterocycles. The van der Waals surface area contributed by atoms with E-state index in [4.69, 9.17) is 19.2 Å². The molecule has 1 aliphatic rings. The van der Waals surface area contributed by atoms with Crippen molar-refractivity contribution in [3.63, 3.8) is 0 Å². The summed E-state index contributed by atoms with van der Waals surface area (Å²) in [4.78, 5) is 21.9. The second kappa shape index (κ2) is 9.86. The maximum absolute atomic E-state index is 13.2. The maximum Gasteiger partial charge on any atom is 0.261 e. The van der Waals surface area contributed by atoms with Gasteiger partial charge in [-0.25, -0.2) is 4.98 Å². The predicted octanol–water partition coefficient (Wildman–Crippen LogP) is 3.12. The molecule has 1 aliphatic heterocycles. The number of hydrogen-bond acceptors (Lipinski definition) is 8. The monoisotopic (exact) mass is 454 g/mol. The summed E-state index contributed by atoms with van der Waals surface area (Å²) in [6.45, 7) is 2.56. The van der Waals surface area contributed by atoms with Crippen molar-refractivity contribution < 1.29 is 19.0 Å².